The number of carbonyl (C=O) groups excluding carboxylic acids is 1. The van der Waals surface area contributed by atoms with Crippen molar-refractivity contribution in [3.8, 4) is 0 Å². The first-order valence-corrected chi connectivity index (χ1v) is 9.61. The minimum Gasteiger partial charge on any atom is -0.459 e. The monoisotopic (exact) mass is 388 g/mol. The summed E-state index contributed by atoms with van der Waals surface area (Å²) in [7, 11) is 0. The summed E-state index contributed by atoms with van der Waals surface area (Å²) < 4.78 is 5.07. The van der Waals surface area contributed by atoms with E-state index in [9.17, 15) is 4.79 Å². The summed E-state index contributed by atoms with van der Waals surface area (Å²) in [5.74, 6) is 0.840. The number of carbonyl (C=O) groups is 1. The summed E-state index contributed by atoms with van der Waals surface area (Å²) in [4.78, 5) is 16.6. The lowest BCUT2D eigenvalue weighted by Crippen LogP contribution is -2.42. The molecule has 144 valence electrons. The van der Waals surface area contributed by atoms with Gasteiger partial charge in [0.05, 0.1) is 12.8 Å². The Balaban J connectivity index is 1.50. The van der Waals surface area contributed by atoms with E-state index in [1.807, 2.05) is 25.1 Å². The van der Waals surface area contributed by atoms with Crippen molar-refractivity contribution < 1.29 is 9.21 Å². The van der Waals surface area contributed by atoms with Crippen LogP contribution in [0, 0.1) is 0 Å². The molecule has 1 aromatic carbocycles. The Morgan fingerprint density at radius 3 is 2.67 bits per heavy atom. The summed E-state index contributed by atoms with van der Waals surface area (Å²) in [5, 5.41) is 10.1. The third-order valence-corrected chi connectivity index (χ3v) is 4.86. The number of rotatable bonds is 8. The van der Waals surface area contributed by atoms with Crippen LogP contribution in [0.2, 0.25) is 5.02 Å². The van der Waals surface area contributed by atoms with Crippen LogP contribution in [0.5, 0.6) is 0 Å². The van der Waals surface area contributed by atoms with Gasteiger partial charge in [0, 0.05) is 30.1 Å². The predicted molar refractivity (Wildman–Crippen MR) is 107 cm³/mol. The Bertz CT molecular complexity index is 785. The Morgan fingerprint density at radius 1 is 1.19 bits per heavy atom. The van der Waals surface area contributed by atoms with Crippen LogP contribution >= 0.6 is 11.6 Å². The van der Waals surface area contributed by atoms with Gasteiger partial charge in [-0.05, 0) is 49.6 Å². The van der Waals surface area contributed by atoms with E-state index in [0.29, 0.717) is 25.4 Å². The first kappa shape index (κ1) is 19.3. The van der Waals surface area contributed by atoms with E-state index in [1.54, 1.807) is 12.1 Å². The highest BCUT2D eigenvalue weighted by atomic mass is 35.5. The molecule has 0 radical (unpaired) electrons. The van der Waals surface area contributed by atoms with Crippen LogP contribution in [0.3, 0.4) is 0 Å². The number of nitrogens with one attached hydrogen (secondary N) is 3. The van der Waals surface area contributed by atoms with E-state index in [-0.39, 0.29) is 11.3 Å². The van der Waals surface area contributed by atoms with Crippen LogP contribution in [-0.2, 0) is 5.41 Å². The molecule has 1 aliphatic carbocycles. The van der Waals surface area contributed by atoms with Gasteiger partial charge in [-0.3, -0.25) is 9.79 Å². The molecule has 2 aromatic rings. The highest BCUT2D eigenvalue weighted by molar-refractivity contribution is 6.30. The first-order valence-electron chi connectivity index (χ1n) is 9.23. The fourth-order valence-corrected chi connectivity index (χ4v) is 3.12. The SMILES string of the molecule is CCNC(=NCC1(c2cccc(Cl)c2)CC1)NCCNC(=O)c1ccco1. The standard InChI is InChI=1S/C20H25ClN4O2/c1-2-22-19(24-11-10-23-18(26)17-7-4-12-27-17)25-14-20(8-9-20)15-5-3-6-16(21)13-15/h3-7,12-13H,2,8-11,14H2,1H3,(H,23,26)(H2,22,24,25). The van der Waals surface area contributed by atoms with E-state index < -0.39 is 0 Å². The second-order valence-electron chi connectivity index (χ2n) is 6.65. The van der Waals surface area contributed by atoms with Crippen molar-refractivity contribution in [1.29, 1.82) is 0 Å². The number of halogens is 1. The van der Waals surface area contributed by atoms with Crippen LogP contribution in [0.25, 0.3) is 0 Å². The number of hydrogen-bond acceptors (Lipinski definition) is 3. The summed E-state index contributed by atoms with van der Waals surface area (Å²) in [6.07, 6.45) is 3.72. The molecule has 7 heteroatoms. The maximum absolute atomic E-state index is 11.8. The van der Waals surface area contributed by atoms with Crippen LogP contribution in [-0.4, -0.2) is 38.0 Å². The zero-order valence-electron chi connectivity index (χ0n) is 15.4. The topological polar surface area (TPSA) is 78.7 Å². The minimum absolute atomic E-state index is 0.0980. The molecule has 1 amide bonds. The lowest BCUT2D eigenvalue weighted by molar-refractivity contribution is 0.0926. The lowest BCUT2D eigenvalue weighted by Gasteiger charge is -2.16. The van der Waals surface area contributed by atoms with Gasteiger partial charge in [-0.2, -0.15) is 0 Å². The molecule has 0 aliphatic heterocycles. The molecule has 0 atom stereocenters. The van der Waals surface area contributed by atoms with Gasteiger partial charge in [-0.25, -0.2) is 0 Å². The average molecular weight is 389 g/mol. The fraction of sp³-hybridized carbons (Fsp3) is 0.400. The fourth-order valence-electron chi connectivity index (χ4n) is 2.93. The highest BCUT2D eigenvalue weighted by Gasteiger charge is 2.44. The van der Waals surface area contributed by atoms with Gasteiger partial charge < -0.3 is 20.4 Å². The van der Waals surface area contributed by atoms with Crippen molar-refractivity contribution in [3.05, 3.63) is 59.0 Å². The Morgan fingerprint density at radius 2 is 2.00 bits per heavy atom. The molecule has 0 unspecified atom stereocenters. The summed E-state index contributed by atoms with van der Waals surface area (Å²) in [6.45, 7) is 4.56. The molecule has 3 rings (SSSR count). The van der Waals surface area contributed by atoms with E-state index in [4.69, 9.17) is 21.0 Å². The number of furan rings is 1. The van der Waals surface area contributed by atoms with Gasteiger partial charge in [0.15, 0.2) is 11.7 Å². The number of hydrogen-bond donors (Lipinski definition) is 3. The van der Waals surface area contributed by atoms with Crippen molar-refractivity contribution in [2.24, 2.45) is 4.99 Å². The second-order valence-corrected chi connectivity index (χ2v) is 7.08. The predicted octanol–water partition coefficient (Wildman–Crippen LogP) is 2.95. The van der Waals surface area contributed by atoms with Gasteiger partial charge in [-0.1, -0.05) is 23.7 Å². The quantitative estimate of drug-likeness (QED) is 0.369. The van der Waals surface area contributed by atoms with Crippen LogP contribution in [0.4, 0.5) is 0 Å². The van der Waals surface area contributed by atoms with E-state index >= 15 is 0 Å². The zero-order chi connectivity index (χ0) is 19.1. The molecule has 1 saturated carbocycles. The lowest BCUT2D eigenvalue weighted by atomic mass is 9.96. The first-order chi connectivity index (χ1) is 13.1. The van der Waals surface area contributed by atoms with Crippen molar-refractivity contribution >= 4 is 23.5 Å². The van der Waals surface area contributed by atoms with E-state index in [0.717, 1.165) is 30.4 Å². The number of nitrogens with zero attached hydrogens (tertiary/aromatic N) is 1. The molecule has 27 heavy (non-hydrogen) atoms. The number of aliphatic imine (C=N–C) groups is 1. The third kappa shape index (κ3) is 5.26. The van der Waals surface area contributed by atoms with Gasteiger partial charge in [0.1, 0.15) is 0 Å². The molecule has 1 aromatic heterocycles. The molecule has 1 fully saturated rings. The molecule has 6 nitrogen and oxygen atoms in total. The van der Waals surface area contributed by atoms with Gasteiger partial charge in [0.25, 0.3) is 5.91 Å². The van der Waals surface area contributed by atoms with E-state index in [1.165, 1.54) is 11.8 Å². The molecular weight excluding hydrogens is 364 g/mol. The molecule has 0 spiro atoms. The Hall–Kier alpha value is -2.47. The average Bonchev–Trinajstić information content (AvgIpc) is 3.26. The number of benzene rings is 1. The van der Waals surface area contributed by atoms with Crippen molar-refractivity contribution in [2.75, 3.05) is 26.2 Å². The van der Waals surface area contributed by atoms with Crippen LogP contribution < -0.4 is 16.0 Å². The Kier molecular flexibility index (Phi) is 6.40. The normalized spacial score (nSPS) is 15.3. The van der Waals surface area contributed by atoms with Crippen molar-refractivity contribution in [2.45, 2.75) is 25.2 Å². The second kappa shape index (κ2) is 8.95. The van der Waals surface area contributed by atoms with Gasteiger partial charge in [-0.15, -0.1) is 0 Å². The van der Waals surface area contributed by atoms with E-state index in [2.05, 4.69) is 22.0 Å². The molecule has 3 N–H and O–H groups in total. The molecule has 1 aliphatic rings. The Labute approximate surface area is 164 Å². The maximum Gasteiger partial charge on any atom is 0.287 e. The molecule has 0 bridgehead atoms. The minimum atomic E-state index is -0.221. The molecule has 1 heterocycles. The van der Waals surface area contributed by atoms with Crippen LogP contribution in [0.1, 0.15) is 35.9 Å². The van der Waals surface area contributed by atoms with Gasteiger partial charge in [0.2, 0.25) is 0 Å². The zero-order valence-corrected chi connectivity index (χ0v) is 16.2. The summed E-state index contributed by atoms with van der Waals surface area (Å²) in [5.41, 5.74) is 1.35. The highest BCUT2D eigenvalue weighted by Crippen LogP contribution is 2.48. The maximum atomic E-state index is 11.8. The van der Waals surface area contributed by atoms with Crippen molar-refractivity contribution in [1.82, 2.24) is 16.0 Å². The van der Waals surface area contributed by atoms with Crippen LogP contribution in [0.15, 0.2) is 52.1 Å². The van der Waals surface area contributed by atoms with Crippen molar-refractivity contribution in [3.63, 3.8) is 0 Å². The largest absolute Gasteiger partial charge is 0.459 e. The number of guanidine groups is 1. The third-order valence-electron chi connectivity index (χ3n) is 4.62. The van der Waals surface area contributed by atoms with Gasteiger partial charge >= 0.3 is 0 Å². The smallest absolute Gasteiger partial charge is 0.287 e. The number of amides is 1. The summed E-state index contributed by atoms with van der Waals surface area (Å²) in [6, 6.07) is 11.4. The summed E-state index contributed by atoms with van der Waals surface area (Å²) >= 11 is 6.14. The molecule has 0 saturated heterocycles. The molecular formula is C20H25ClN4O2.